The number of rotatable bonds is 11. The Morgan fingerprint density at radius 3 is 1.31 bits per heavy atom. The molecule has 0 atom stereocenters. The van der Waals surface area contributed by atoms with Crippen molar-refractivity contribution < 1.29 is 19.1 Å². The minimum Gasteiger partial charge on any atom is -0.455 e. The van der Waals surface area contributed by atoms with Crippen LogP contribution in [0.1, 0.15) is 58.0 Å². The molecule has 0 saturated carbocycles. The SMILES string of the molecule is CCCCC(Oc1ccc(C(=O)c2ccccc2)cc1)Oc1ccc(C(=O)c2ccccc2)cc1. The molecular formula is C31H28O4. The Bertz CT molecular complexity index is 1130. The third-order valence-electron chi connectivity index (χ3n) is 5.63. The van der Waals surface area contributed by atoms with Gasteiger partial charge in [0.05, 0.1) is 0 Å². The first-order valence-corrected chi connectivity index (χ1v) is 11.9. The zero-order valence-electron chi connectivity index (χ0n) is 19.7. The average Bonchev–Trinajstić information content (AvgIpc) is 2.93. The lowest BCUT2D eigenvalue weighted by molar-refractivity contribution is -0.00212. The predicted octanol–water partition coefficient (Wildman–Crippen LogP) is 7.12. The number of unbranched alkanes of at least 4 members (excludes halogenated alkanes) is 1. The molecule has 0 saturated heterocycles. The van der Waals surface area contributed by atoms with Crippen molar-refractivity contribution >= 4 is 11.6 Å². The Labute approximate surface area is 206 Å². The van der Waals surface area contributed by atoms with Crippen molar-refractivity contribution in [3.63, 3.8) is 0 Å². The van der Waals surface area contributed by atoms with Crippen LogP contribution in [0.15, 0.2) is 109 Å². The molecule has 0 spiro atoms. The number of hydrogen-bond donors (Lipinski definition) is 0. The lowest BCUT2D eigenvalue weighted by Crippen LogP contribution is -2.24. The van der Waals surface area contributed by atoms with E-state index in [1.165, 1.54) is 0 Å². The zero-order valence-corrected chi connectivity index (χ0v) is 19.7. The number of ketones is 2. The summed E-state index contributed by atoms with van der Waals surface area (Å²) in [5.74, 6) is 1.21. The molecule has 4 heteroatoms. The molecule has 0 amide bonds. The maximum atomic E-state index is 12.6. The Hall–Kier alpha value is -4.18. The normalized spacial score (nSPS) is 10.7. The number of hydrogen-bond acceptors (Lipinski definition) is 4. The van der Waals surface area contributed by atoms with E-state index < -0.39 is 6.29 Å². The van der Waals surface area contributed by atoms with E-state index in [9.17, 15) is 9.59 Å². The van der Waals surface area contributed by atoms with Gasteiger partial charge in [0.1, 0.15) is 11.5 Å². The van der Waals surface area contributed by atoms with Gasteiger partial charge in [-0.3, -0.25) is 9.59 Å². The van der Waals surface area contributed by atoms with E-state index in [0.717, 1.165) is 12.8 Å². The van der Waals surface area contributed by atoms with E-state index in [0.29, 0.717) is 40.2 Å². The van der Waals surface area contributed by atoms with Crippen LogP contribution in [0.5, 0.6) is 11.5 Å². The largest absolute Gasteiger partial charge is 0.455 e. The highest BCUT2D eigenvalue weighted by Gasteiger charge is 2.15. The van der Waals surface area contributed by atoms with Crippen LogP contribution in [0.25, 0.3) is 0 Å². The minimum absolute atomic E-state index is 0.0268. The number of carbonyl (C=O) groups is 2. The molecule has 0 aliphatic rings. The summed E-state index contributed by atoms with van der Waals surface area (Å²) >= 11 is 0. The Morgan fingerprint density at radius 1 is 0.571 bits per heavy atom. The average molecular weight is 465 g/mol. The second kappa shape index (κ2) is 11.8. The van der Waals surface area contributed by atoms with Crippen molar-refractivity contribution in [2.45, 2.75) is 32.5 Å². The first-order valence-electron chi connectivity index (χ1n) is 11.9. The van der Waals surface area contributed by atoms with Crippen LogP contribution in [0.4, 0.5) is 0 Å². The molecule has 0 radical (unpaired) electrons. The van der Waals surface area contributed by atoms with Crippen LogP contribution in [-0.4, -0.2) is 17.9 Å². The molecule has 0 aliphatic carbocycles. The summed E-state index contributed by atoms with van der Waals surface area (Å²) in [7, 11) is 0. The van der Waals surface area contributed by atoms with Crippen molar-refractivity contribution in [3.05, 3.63) is 131 Å². The Morgan fingerprint density at radius 2 is 0.943 bits per heavy atom. The smallest absolute Gasteiger partial charge is 0.241 e. The number of ether oxygens (including phenoxy) is 2. The lowest BCUT2D eigenvalue weighted by atomic mass is 10.0. The van der Waals surface area contributed by atoms with Gasteiger partial charge in [0.2, 0.25) is 6.29 Å². The highest BCUT2D eigenvalue weighted by molar-refractivity contribution is 6.09. The summed E-state index contributed by atoms with van der Waals surface area (Å²) in [5, 5.41) is 0. The van der Waals surface area contributed by atoms with Crippen LogP contribution in [0, 0.1) is 0 Å². The predicted molar refractivity (Wildman–Crippen MR) is 137 cm³/mol. The fourth-order valence-corrected chi connectivity index (χ4v) is 3.70. The highest BCUT2D eigenvalue weighted by atomic mass is 16.7. The number of benzene rings is 4. The third kappa shape index (κ3) is 6.45. The fourth-order valence-electron chi connectivity index (χ4n) is 3.70. The van der Waals surface area contributed by atoms with E-state index in [1.807, 2.05) is 36.4 Å². The molecule has 4 aromatic rings. The monoisotopic (exact) mass is 464 g/mol. The van der Waals surface area contributed by atoms with Gasteiger partial charge in [0.25, 0.3) is 0 Å². The van der Waals surface area contributed by atoms with Gasteiger partial charge in [0, 0.05) is 28.7 Å². The van der Waals surface area contributed by atoms with Gasteiger partial charge in [-0.25, -0.2) is 0 Å². The van der Waals surface area contributed by atoms with Crippen molar-refractivity contribution in [2.24, 2.45) is 0 Å². The topological polar surface area (TPSA) is 52.6 Å². The molecule has 4 rings (SSSR count). The van der Waals surface area contributed by atoms with Crippen LogP contribution in [-0.2, 0) is 0 Å². The lowest BCUT2D eigenvalue weighted by Gasteiger charge is -2.21. The second-order valence-corrected chi connectivity index (χ2v) is 8.25. The standard InChI is InChI=1S/C31H28O4/c1-2-3-14-29(34-27-19-15-25(16-20-27)30(32)23-10-6-4-7-11-23)35-28-21-17-26(18-22-28)31(33)24-12-8-5-9-13-24/h4-13,15-22,29H,2-3,14H2,1H3. The van der Waals surface area contributed by atoms with Crippen LogP contribution >= 0.6 is 0 Å². The van der Waals surface area contributed by atoms with Crippen LogP contribution < -0.4 is 9.47 Å². The highest BCUT2D eigenvalue weighted by Crippen LogP contribution is 2.22. The second-order valence-electron chi connectivity index (χ2n) is 8.25. The summed E-state index contributed by atoms with van der Waals surface area (Å²) in [5.41, 5.74) is 2.51. The van der Waals surface area contributed by atoms with Crippen LogP contribution in [0.2, 0.25) is 0 Å². The van der Waals surface area contributed by atoms with Gasteiger partial charge >= 0.3 is 0 Å². The fraction of sp³-hybridized carbons (Fsp3) is 0.161. The van der Waals surface area contributed by atoms with Gasteiger partial charge in [-0.1, -0.05) is 74.0 Å². The van der Waals surface area contributed by atoms with Crippen molar-refractivity contribution in [1.82, 2.24) is 0 Å². The Kier molecular flexibility index (Phi) is 8.08. The van der Waals surface area contributed by atoms with Gasteiger partial charge in [-0.15, -0.1) is 0 Å². The third-order valence-corrected chi connectivity index (χ3v) is 5.63. The molecule has 35 heavy (non-hydrogen) atoms. The first kappa shape index (κ1) is 24.0. The molecule has 0 unspecified atom stereocenters. The van der Waals surface area contributed by atoms with Gasteiger partial charge in [-0.2, -0.15) is 0 Å². The van der Waals surface area contributed by atoms with Crippen LogP contribution in [0.3, 0.4) is 0 Å². The maximum absolute atomic E-state index is 12.6. The van der Waals surface area contributed by atoms with Crippen molar-refractivity contribution in [1.29, 1.82) is 0 Å². The van der Waals surface area contributed by atoms with Gasteiger partial charge < -0.3 is 9.47 Å². The minimum atomic E-state index is -0.485. The molecular weight excluding hydrogens is 436 g/mol. The summed E-state index contributed by atoms with van der Waals surface area (Å²) in [4.78, 5) is 25.3. The Balaban J connectivity index is 1.42. The van der Waals surface area contributed by atoms with Crippen molar-refractivity contribution in [3.8, 4) is 11.5 Å². The summed E-state index contributed by atoms with van der Waals surface area (Å²) in [6.45, 7) is 2.12. The molecule has 176 valence electrons. The molecule has 0 fully saturated rings. The van der Waals surface area contributed by atoms with E-state index in [1.54, 1.807) is 72.8 Å². The zero-order chi connectivity index (χ0) is 24.5. The quantitative estimate of drug-likeness (QED) is 0.175. The summed E-state index contributed by atoms with van der Waals surface area (Å²) < 4.78 is 12.2. The van der Waals surface area contributed by atoms with E-state index in [4.69, 9.17) is 9.47 Å². The molecule has 0 aromatic heterocycles. The maximum Gasteiger partial charge on any atom is 0.241 e. The molecule has 0 N–H and O–H groups in total. The van der Waals surface area contributed by atoms with Gasteiger partial charge in [0.15, 0.2) is 11.6 Å². The first-order chi connectivity index (χ1) is 17.1. The van der Waals surface area contributed by atoms with Gasteiger partial charge in [-0.05, 0) is 55.0 Å². The molecule has 4 nitrogen and oxygen atoms in total. The molecule has 0 bridgehead atoms. The number of carbonyl (C=O) groups excluding carboxylic acids is 2. The molecule has 0 heterocycles. The molecule has 0 aliphatic heterocycles. The molecule has 4 aromatic carbocycles. The van der Waals surface area contributed by atoms with E-state index >= 15 is 0 Å². The van der Waals surface area contributed by atoms with E-state index in [2.05, 4.69) is 6.92 Å². The summed E-state index contributed by atoms with van der Waals surface area (Å²) in [6.07, 6.45) is 2.19. The van der Waals surface area contributed by atoms with Crippen molar-refractivity contribution in [2.75, 3.05) is 0 Å². The summed E-state index contributed by atoms with van der Waals surface area (Å²) in [6, 6.07) is 32.6. The van der Waals surface area contributed by atoms with E-state index in [-0.39, 0.29) is 11.6 Å².